The molecule has 4 N–H and O–H groups in total. The smallest absolute Gasteiger partial charge is 0.339 e. The first-order chi connectivity index (χ1) is 12.7. The van der Waals surface area contributed by atoms with Crippen LogP contribution in [-0.4, -0.2) is 45.7 Å². The monoisotopic (exact) mass is 353 g/mol. The van der Waals surface area contributed by atoms with Gasteiger partial charge < -0.3 is 21.1 Å². The van der Waals surface area contributed by atoms with Gasteiger partial charge in [-0.2, -0.15) is 5.26 Å². The lowest BCUT2D eigenvalue weighted by Crippen LogP contribution is -2.31. The topological polar surface area (TPSA) is 136 Å². The second kappa shape index (κ2) is 8.22. The molecule has 0 aromatic carbocycles. The molecule has 134 valence electrons. The Morgan fingerprint density at radius 1 is 1.23 bits per heavy atom. The van der Waals surface area contributed by atoms with Crippen LogP contribution in [0.1, 0.15) is 28.9 Å². The number of piperidine rings is 1. The average molecular weight is 353 g/mol. The highest BCUT2D eigenvalue weighted by molar-refractivity contribution is 5.94. The van der Waals surface area contributed by atoms with Crippen LogP contribution >= 0.6 is 0 Å². The van der Waals surface area contributed by atoms with E-state index < -0.39 is 5.97 Å². The van der Waals surface area contributed by atoms with E-state index in [0.717, 1.165) is 25.9 Å². The standard InChI is InChI=1S/C17H19N7O2/c18-6-12-8-22-16(10-20-12)24-15-5-14(13(9-23-15)17(25)26)21-7-11-1-3-19-4-2-11/h5,8-11,19H,1-4,7H2,(H,25,26)(H2,21,22,23,24). The van der Waals surface area contributed by atoms with Crippen LogP contribution in [0.5, 0.6) is 0 Å². The number of pyridine rings is 1. The van der Waals surface area contributed by atoms with Crippen molar-refractivity contribution in [3.8, 4) is 6.07 Å². The van der Waals surface area contributed by atoms with Gasteiger partial charge in [0.15, 0.2) is 5.69 Å². The highest BCUT2D eigenvalue weighted by Gasteiger charge is 2.16. The van der Waals surface area contributed by atoms with Gasteiger partial charge in [0.25, 0.3) is 0 Å². The highest BCUT2D eigenvalue weighted by atomic mass is 16.4. The molecule has 0 saturated carbocycles. The largest absolute Gasteiger partial charge is 0.478 e. The van der Waals surface area contributed by atoms with Crippen molar-refractivity contribution in [2.75, 3.05) is 30.3 Å². The first-order valence-corrected chi connectivity index (χ1v) is 8.33. The van der Waals surface area contributed by atoms with E-state index in [4.69, 9.17) is 5.26 Å². The summed E-state index contributed by atoms with van der Waals surface area (Å²) >= 11 is 0. The molecule has 0 radical (unpaired) electrons. The summed E-state index contributed by atoms with van der Waals surface area (Å²) in [6.45, 7) is 2.68. The van der Waals surface area contributed by atoms with Gasteiger partial charge in [0.1, 0.15) is 23.3 Å². The number of rotatable bonds is 6. The number of aromatic nitrogens is 3. The number of nitriles is 1. The first-order valence-electron chi connectivity index (χ1n) is 8.33. The number of carboxylic acids is 1. The van der Waals surface area contributed by atoms with Crippen molar-refractivity contribution in [2.24, 2.45) is 5.92 Å². The minimum Gasteiger partial charge on any atom is -0.478 e. The van der Waals surface area contributed by atoms with Crippen LogP contribution in [0.4, 0.5) is 17.3 Å². The molecular weight excluding hydrogens is 334 g/mol. The van der Waals surface area contributed by atoms with Crippen molar-refractivity contribution < 1.29 is 9.90 Å². The predicted molar refractivity (Wildman–Crippen MR) is 95.3 cm³/mol. The van der Waals surface area contributed by atoms with E-state index in [1.807, 2.05) is 6.07 Å². The second-order valence-corrected chi connectivity index (χ2v) is 6.02. The van der Waals surface area contributed by atoms with E-state index in [1.165, 1.54) is 18.6 Å². The van der Waals surface area contributed by atoms with E-state index in [9.17, 15) is 9.90 Å². The molecular formula is C17H19N7O2. The molecule has 1 saturated heterocycles. The molecule has 3 rings (SSSR count). The summed E-state index contributed by atoms with van der Waals surface area (Å²) < 4.78 is 0. The number of nitrogens with one attached hydrogen (secondary N) is 3. The fraction of sp³-hybridized carbons (Fsp3) is 0.353. The summed E-state index contributed by atoms with van der Waals surface area (Å²) in [4.78, 5) is 23.6. The molecule has 0 unspecified atom stereocenters. The minimum atomic E-state index is -1.03. The minimum absolute atomic E-state index is 0.121. The van der Waals surface area contributed by atoms with Gasteiger partial charge in [0, 0.05) is 18.8 Å². The number of anilines is 3. The van der Waals surface area contributed by atoms with Gasteiger partial charge in [0.05, 0.1) is 18.1 Å². The molecule has 1 aliphatic rings. The normalized spacial score (nSPS) is 14.4. The zero-order chi connectivity index (χ0) is 18.4. The Morgan fingerprint density at radius 2 is 2.00 bits per heavy atom. The quantitative estimate of drug-likeness (QED) is 0.610. The average Bonchev–Trinajstić information content (AvgIpc) is 2.68. The molecule has 0 atom stereocenters. The fourth-order valence-electron chi connectivity index (χ4n) is 2.76. The number of carboxylic acid groups (broad SMARTS) is 1. The van der Waals surface area contributed by atoms with E-state index in [-0.39, 0.29) is 11.3 Å². The summed E-state index contributed by atoms with van der Waals surface area (Å²) in [5, 5.41) is 27.6. The third kappa shape index (κ3) is 4.43. The molecule has 1 aliphatic heterocycles. The maximum absolute atomic E-state index is 11.4. The molecule has 9 nitrogen and oxygen atoms in total. The number of hydrogen-bond donors (Lipinski definition) is 4. The number of nitrogens with zero attached hydrogens (tertiary/aromatic N) is 4. The lowest BCUT2D eigenvalue weighted by atomic mass is 9.98. The van der Waals surface area contributed by atoms with Crippen LogP contribution in [0, 0.1) is 17.2 Å². The highest BCUT2D eigenvalue weighted by Crippen LogP contribution is 2.22. The number of carbonyl (C=O) groups is 1. The summed E-state index contributed by atoms with van der Waals surface area (Å²) in [5.74, 6) is 0.340. The Hall–Kier alpha value is -3.25. The molecule has 2 aromatic heterocycles. The van der Waals surface area contributed by atoms with Crippen molar-refractivity contribution >= 4 is 23.3 Å². The van der Waals surface area contributed by atoms with Crippen molar-refractivity contribution in [2.45, 2.75) is 12.8 Å². The van der Waals surface area contributed by atoms with E-state index >= 15 is 0 Å². The number of hydrogen-bond acceptors (Lipinski definition) is 8. The van der Waals surface area contributed by atoms with Crippen molar-refractivity contribution in [1.29, 1.82) is 5.26 Å². The fourth-order valence-corrected chi connectivity index (χ4v) is 2.76. The zero-order valence-electron chi connectivity index (χ0n) is 14.1. The third-order valence-corrected chi connectivity index (χ3v) is 4.20. The molecule has 0 spiro atoms. The molecule has 2 aromatic rings. The predicted octanol–water partition coefficient (Wildman–Crippen LogP) is 1.60. The first kappa shape index (κ1) is 17.6. The SMILES string of the molecule is N#Cc1cnc(Nc2cc(NCC3CCNCC3)c(C(=O)O)cn2)cn1. The lowest BCUT2D eigenvalue weighted by molar-refractivity contribution is 0.0697. The Bertz CT molecular complexity index is 811. The molecule has 3 heterocycles. The second-order valence-electron chi connectivity index (χ2n) is 6.02. The van der Waals surface area contributed by atoms with Gasteiger partial charge >= 0.3 is 5.97 Å². The Morgan fingerprint density at radius 3 is 2.65 bits per heavy atom. The van der Waals surface area contributed by atoms with Crippen LogP contribution in [-0.2, 0) is 0 Å². The molecule has 1 fully saturated rings. The van der Waals surface area contributed by atoms with Gasteiger partial charge in [-0.15, -0.1) is 0 Å². The lowest BCUT2D eigenvalue weighted by Gasteiger charge is -2.23. The summed E-state index contributed by atoms with van der Waals surface area (Å²) in [6, 6.07) is 3.54. The molecule has 0 aliphatic carbocycles. The van der Waals surface area contributed by atoms with E-state index in [2.05, 4.69) is 30.9 Å². The summed E-state index contributed by atoms with van der Waals surface area (Å²) in [6.07, 6.45) is 6.21. The van der Waals surface area contributed by atoms with Crippen molar-refractivity contribution in [3.63, 3.8) is 0 Å². The van der Waals surface area contributed by atoms with Crippen molar-refractivity contribution in [3.05, 3.63) is 35.9 Å². The maximum Gasteiger partial charge on any atom is 0.339 e. The summed E-state index contributed by atoms with van der Waals surface area (Å²) in [7, 11) is 0. The van der Waals surface area contributed by atoms with Crippen LogP contribution in [0.2, 0.25) is 0 Å². The zero-order valence-corrected chi connectivity index (χ0v) is 14.1. The van der Waals surface area contributed by atoms with Gasteiger partial charge in [-0.05, 0) is 31.8 Å². The molecule has 9 heteroatoms. The van der Waals surface area contributed by atoms with Gasteiger partial charge in [0.2, 0.25) is 0 Å². The van der Waals surface area contributed by atoms with Crippen molar-refractivity contribution in [1.82, 2.24) is 20.3 Å². The number of aromatic carboxylic acids is 1. The van der Waals surface area contributed by atoms with E-state index in [1.54, 1.807) is 6.07 Å². The van der Waals surface area contributed by atoms with Gasteiger partial charge in [-0.25, -0.2) is 19.7 Å². The Balaban J connectivity index is 1.74. The van der Waals surface area contributed by atoms with Gasteiger partial charge in [-0.3, -0.25) is 0 Å². The Labute approximate surface area is 150 Å². The van der Waals surface area contributed by atoms with Crippen LogP contribution in [0.15, 0.2) is 24.7 Å². The molecule has 0 bridgehead atoms. The van der Waals surface area contributed by atoms with Crippen LogP contribution in [0.25, 0.3) is 0 Å². The third-order valence-electron chi connectivity index (χ3n) is 4.20. The van der Waals surface area contributed by atoms with E-state index in [0.29, 0.717) is 29.8 Å². The van der Waals surface area contributed by atoms with Crippen LogP contribution in [0.3, 0.4) is 0 Å². The maximum atomic E-state index is 11.4. The van der Waals surface area contributed by atoms with Gasteiger partial charge in [-0.1, -0.05) is 0 Å². The molecule has 26 heavy (non-hydrogen) atoms. The van der Waals surface area contributed by atoms with Crippen LogP contribution < -0.4 is 16.0 Å². The Kier molecular flexibility index (Phi) is 5.56. The summed E-state index contributed by atoms with van der Waals surface area (Å²) in [5.41, 5.74) is 0.847. The molecule has 0 amide bonds.